The molecule has 1 fully saturated rings. The van der Waals surface area contributed by atoms with E-state index in [-0.39, 0.29) is 29.5 Å². The molecule has 0 amide bonds. The van der Waals surface area contributed by atoms with Crippen molar-refractivity contribution >= 4 is 52.8 Å². The summed E-state index contributed by atoms with van der Waals surface area (Å²) in [6.07, 6.45) is 6.75. The number of oxime groups is 1. The zero-order valence-electron chi connectivity index (χ0n) is 13.8. The number of fused-ring (bicyclic) bond motifs is 3. The second-order valence-electron chi connectivity index (χ2n) is 7.07. The lowest BCUT2D eigenvalue weighted by atomic mass is 9.61. The molecule has 7 heteroatoms. The number of carbonyl (C=O) groups is 1. The molecule has 0 aromatic heterocycles. The average Bonchev–Trinajstić information content (AvgIpc) is 2.82. The number of hydrogen-bond acceptors (Lipinski definition) is 3. The van der Waals surface area contributed by atoms with Gasteiger partial charge < -0.3 is 10.6 Å². The molecule has 25 heavy (non-hydrogen) atoms. The maximum atomic E-state index is 12.4. The van der Waals surface area contributed by atoms with Crippen molar-refractivity contribution in [2.45, 2.75) is 39.0 Å². The van der Waals surface area contributed by atoms with Gasteiger partial charge in [-0.2, -0.15) is 0 Å². The van der Waals surface area contributed by atoms with Crippen molar-refractivity contribution in [3.8, 4) is 5.75 Å². The standard InChI is InChI=1S/C18H18Cl2N2O2.ClH/c1-9(21)22-24-14-5-11-8-18-4-2-3-10(7-18)13(23)6-12(18)15(11)17(20)16(14)19;/h5-6,10H,2-4,7-8H2,1H3,(H2,21,22);1H. The van der Waals surface area contributed by atoms with E-state index in [9.17, 15) is 4.79 Å². The number of nitrogens with zero attached hydrogens (tertiary/aromatic N) is 1. The third-order valence-corrected chi connectivity index (χ3v) is 6.30. The molecule has 2 N–H and O–H groups in total. The van der Waals surface area contributed by atoms with Crippen LogP contribution in [-0.2, 0) is 11.2 Å². The lowest BCUT2D eigenvalue weighted by Gasteiger charge is -2.42. The molecule has 2 atom stereocenters. The summed E-state index contributed by atoms with van der Waals surface area (Å²) < 4.78 is 0. The predicted molar refractivity (Wildman–Crippen MR) is 103 cm³/mol. The van der Waals surface area contributed by atoms with Gasteiger partial charge in [0, 0.05) is 16.9 Å². The Morgan fingerprint density at radius 3 is 2.88 bits per heavy atom. The summed E-state index contributed by atoms with van der Waals surface area (Å²) in [6.45, 7) is 1.63. The van der Waals surface area contributed by atoms with Gasteiger partial charge in [-0.25, -0.2) is 0 Å². The molecule has 1 aromatic rings. The zero-order chi connectivity index (χ0) is 17.1. The highest BCUT2D eigenvalue weighted by molar-refractivity contribution is 6.44. The number of nitrogens with two attached hydrogens (primary N) is 1. The normalized spacial score (nSPS) is 27.2. The first-order chi connectivity index (χ1) is 11.4. The van der Waals surface area contributed by atoms with Crippen molar-refractivity contribution in [2.75, 3.05) is 0 Å². The first-order valence-electron chi connectivity index (χ1n) is 8.16. The third kappa shape index (κ3) is 2.84. The van der Waals surface area contributed by atoms with Crippen LogP contribution in [0, 0.1) is 11.3 Å². The minimum absolute atomic E-state index is 0. The van der Waals surface area contributed by atoms with Crippen molar-refractivity contribution in [1.82, 2.24) is 0 Å². The van der Waals surface area contributed by atoms with Gasteiger partial charge in [-0.15, -0.1) is 12.4 Å². The summed E-state index contributed by atoms with van der Waals surface area (Å²) >= 11 is 12.9. The van der Waals surface area contributed by atoms with Gasteiger partial charge >= 0.3 is 0 Å². The van der Waals surface area contributed by atoms with Crippen LogP contribution < -0.4 is 10.6 Å². The lowest BCUT2D eigenvalue weighted by Crippen LogP contribution is -2.35. The van der Waals surface area contributed by atoms with E-state index in [1.807, 2.05) is 12.1 Å². The fraction of sp³-hybridized carbons (Fsp3) is 0.444. The van der Waals surface area contributed by atoms with Crippen molar-refractivity contribution in [1.29, 1.82) is 0 Å². The lowest BCUT2D eigenvalue weighted by molar-refractivity contribution is -0.120. The minimum Gasteiger partial charge on any atom is -0.385 e. The SMILES string of the molecule is C/C(N)=N\Oc1cc2c(c(Cl)c1Cl)C1=CC(=O)C3CCCC1(C2)C3.Cl. The Morgan fingerprint density at radius 2 is 2.16 bits per heavy atom. The van der Waals surface area contributed by atoms with E-state index in [4.69, 9.17) is 33.8 Å². The quantitative estimate of drug-likeness (QED) is 0.440. The summed E-state index contributed by atoms with van der Waals surface area (Å²) in [4.78, 5) is 17.7. The van der Waals surface area contributed by atoms with Crippen molar-refractivity contribution in [3.63, 3.8) is 0 Å². The molecule has 1 saturated carbocycles. The number of benzene rings is 1. The van der Waals surface area contributed by atoms with E-state index in [2.05, 4.69) is 5.16 Å². The molecule has 0 aliphatic heterocycles. The fourth-order valence-corrected chi connectivity index (χ4v) is 4.99. The summed E-state index contributed by atoms with van der Waals surface area (Å²) in [5.41, 5.74) is 8.60. The number of ketones is 1. The smallest absolute Gasteiger partial charge is 0.178 e. The summed E-state index contributed by atoms with van der Waals surface area (Å²) in [7, 11) is 0. The molecule has 4 rings (SSSR count). The van der Waals surface area contributed by atoms with E-state index in [0.717, 1.165) is 48.8 Å². The Morgan fingerprint density at radius 1 is 1.40 bits per heavy atom. The van der Waals surface area contributed by atoms with Gasteiger partial charge in [0.1, 0.15) is 10.9 Å². The van der Waals surface area contributed by atoms with Crippen LogP contribution in [0.2, 0.25) is 10.0 Å². The molecule has 1 spiro atoms. The second kappa shape index (κ2) is 6.49. The van der Waals surface area contributed by atoms with E-state index in [1.54, 1.807) is 6.92 Å². The van der Waals surface area contributed by atoms with E-state index in [0.29, 0.717) is 21.6 Å². The number of allylic oxidation sites excluding steroid dienone is 2. The first kappa shape index (κ1) is 18.6. The average molecular weight is 402 g/mol. The summed E-state index contributed by atoms with van der Waals surface area (Å²) in [6, 6.07) is 1.89. The van der Waals surface area contributed by atoms with E-state index >= 15 is 0 Å². The molecular weight excluding hydrogens is 383 g/mol. The summed E-state index contributed by atoms with van der Waals surface area (Å²) in [5.74, 6) is 1.09. The number of hydrogen-bond donors (Lipinski definition) is 1. The summed E-state index contributed by atoms with van der Waals surface area (Å²) in [5, 5.41) is 4.52. The first-order valence-corrected chi connectivity index (χ1v) is 8.91. The largest absolute Gasteiger partial charge is 0.385 e. The highest BCUT2D eigenvalue weighted by Crippen LogP contribution is 2.61. The van der Waals surface area contributed by atoms with Crippen molar-refractivity contribution < 1.29 is 9.63 Å². The van der Waals surface area contributed by atoms with Crippen LogP contribution in [0.5, 0.6) is 5.75 Å². The van der Waals surface area contributed by atoms with Gasteiger partial charge in [0.25, 0.3) is 0 Å². The molecule has 3 aliphatic rings. The maximum absolute atomic E-state index is 12.4. The Bertz CT molecular complexity index is 815. The Hall–Kier alpha value is -1.23. The van der Waals surface area contributed by atoms with Crippen LogP contribution in [0.25, 0.3) is 5.57 Å². The van der Waals surface area contributed by atoms with E-state index in [1.165, 1.54) is 0 Å². The van der Waals surface area contributed by atoms with Gasteiger partial charge in [-0.1, -0.05) is 34.8 Å². The molecule has 2 unspecified atom stereocenters. The van der Waals surface area contributed by atoms with Crippen LogP contribution >= 0.6 is 35.6 Å². The van der Waals surface area contributed by atoms with Crippen LogP contribution in [0.15, 0.2) is 17.3 Å². The fourth-order valence-electron chi connectivity index (χ4n) is 4.49. The Balaban J connectivity index is 0.00000182. The molecule has 3 aliphatic carbocycles. The molecular formula is C18H19Cl3N2O2. The molecule has 0 heterocycles. The van der Waals surface area contributed by atoms with E-state index < -0.39 is 0 Å². The molecule has 0 saturated heterocycles. The molecule has 1 aromatic carbocycles. The Labute approximate surface area is 162 Å². The van der Waals surface area contributed by atoms with Crippen LogP contribution in [0.4, 0.5) is 0 Å². The van der Waals surface area contributed by atoms with Crippen LogP contribution in [0.1, 0.15) is 43.7 Å². The Kier molecular flexibility index (Phi) is 4.82. The maximum Gasteiger partial charge on any atom is 0.178 e. The highest BCUT2D eigenvalue weighted by Gasteiger charge is 2.50. The number of rotatable bonds is 2. The molecule has 0 radical (unpaired) electrons. The van der Waals surface area contributed by atoms with Crippen LogP contribution in [0.3, 0.4) is 0 Å². The van der Waals surface area contributed by atoms with Gasteiger partial charge in [0.15, 0.2) is 11.5 Å². The monoisotopic (exact) mass is 400 g/mol. The van der Waals surface area contributed by atoms with Crippen molar-refractivity contribution in [2.24, 2.45) is 22.2 Å². The van der Waals surface area contributed by atoms with Gasteiger partial charge in [-0.05, 0) is 55.9 Å². The molecule has 4 nitrogen and oxygen atoms in total. The number of carbonyl (C=O) groups excluding carboxylic acids is 1. The second-order valence-corrected chi connectivity index (χ2v) is 7.83. The van der Waals surface area contributed by atoms with Gasteiger partial charge in [0.05, 0.1) is 5.02 Å². The predicted octanol–water partition coefficient (Wildman–Crippen LogP) is 4.78. The third-order valence-electron chi connectivity index (χ3n) is 5.45. The van der Waals surface area contributed by atoms with Crippen molar-refractivity contribution in [3.05, 3.63) is 33.3 Å². The highest BCUT2D eigenvalue weighted by atomic mass is 35.5. The number of amidine groups is 1. The minimum atomic E-state index is 0. The van der Waals surface area contributed by atoms with Gasteiger partial charge in [-0.3, -0.25) is 4.79 Å². The zero-order valence-corrected chi connectivity index (χ0v) is 16.1. The topological polar surface area (TPSA) is 64.7 Å². The molecule has 134 valence electrons. The van der Waals surface area contributed by atoms with Crippen LogP contribution in [-0.4, -0.2) is 11.6 Å². The van der Waals surface area contributed by atoms with Gasteiger partial charge in [0.2, 0.25) is 0 Å². The number of halogens is 3. The molecule has 2 bridgehead atoms.